The highest BCUT2D eigenvalue weighted by atomic mass is 32.2. The third kappa shape index (κ3) is 4.99. The van der Waals surface area contributed by atoms with Gasteiger partial charge >= 0.3 is 6.09 Å². The van der Waals surface area contributed by atoms with Crippen molar-refractivity contribution in [2.75, 3.05) is 33.1 Å². The largest absolute Gasteiger partial charge is 0.497 e. The van der Waals surface area contributed by atoms with E-state index < -0.39 is 0 Å². The molecule has 0 aliphatic carbocycles. The van der Waals surface area contributed by atoms with Gasteiger partial charge in [0.15, 0.2) is 5.16 Å². The van der Waals surface area contributed by atoms with Crippen molar-refractivity contribution in [1.82, 2.24) is 20.2 Å². The summed E-state index contributed by atoms with van der Waals surface area (Å²) in [6.07, 6.45) is 5.47. The molecule has 1 saturated heterocycles. The lowest BCUT2D eigenvalue weighted by atomic mass is 9.96. The van der Waals surface area contributed by atoms with E-state index in [1.54, 1.807) is 7.11 Å². The first-order valence-electron chi connectivity index (χ1n) is 10.7. The van der Waals surface area contributed by atoms with Gasteiger partial charge in [0.25, 0.3) is 0 Å². The molecule has 2 aliphatic rings. The Morgan fingerprint density at radius 2 is 2.00 bits per heavy atom. The summed E-state index contributed by atoms with van der Waals surface area (Å²) < 4.78 is 10.5. The Hall–Kier alpha value is -2.39. The van der Waals surface area contributed by atoms with Gasteiger partial charge in [0, 0.05) is 19.3 Å². The fraction of sp³-hybridized carbons (Fsp3) is 0.435. The van der Waals surface area contributed by atoms with Gasteiger partial charge in [-0.1, -0.05) is 23.5 Å². The van der Waals surface area contributed by atoms with Crippen LogP contribution in [0.4, 0.5) is 4.79 Å². The Morgan fingerprint density at radius 3 is 2.66 bits per heavy atom. The molecule has 1 atom stereocenters. The molecule has 4 rings (SSSR count). The minimum atomic E-state index is -0.207. The zero-order valence-electron chi connectivity index (χ0n) is 18.5. The molecule has 2 aromatic rings. The quantitative estimate of drug-likeness (QED) is 0.484. The zero-order chi connectivity index (χ0) is 22.5. The van der Waals surface area contributed by atoms with Crippen LogP contribution in [-0.4, -0.2) is 59.4 Å². The topological polar surface area (TPSA) is 76.6 Å². The number of aromatic nitrogens is 2. The van der Waals surface area contributed by atoms with Crippen LogP contribution < -0.4 is 10.1 Å². The second-order valence-corrected chi connectivity index (χ2v) is 9.49. The summed E-state index contributed by atoms with van der Waals surface area (Å²) in [5.41, 5.74) is 3.12. The molecule has 170 valence electrons. The van der Waals surface area contributed by atoms with E-state index in [2.05, 4.69) is 22.4 Å². The summed E-state index contributed by atoms with van der Waals surface area (Å²) in [6, 6.07) is 10.1. The van der Waals surface area contributed by atoms with Gasteiger partial charge in [0.1, 0.15) is 5.75 Å². The van der Waals surface area contributed by atoms with Gasteiger partial charge in [-0.2, -0.15) is 0 Å². The van der Waals surface area contributed by atoms with E-state index in [9.17, 15) is 4.79 Å². The minimum Gasteiger partial charge on any atom is -0.497 e. The monoisotopic (exact) mass is 472 g/mol. The Morgan fingerprint density at radius 1 is 1.25 bits per heavy atom. The summed E-state index contributed by atoms with van der Waals surface area (Å²) in [5.74, 6) is 1.27. The molecule has 1 aromatic heterocycles. The number of thioether (sulfide) groups is 2. The Kier molecular flexibility index (Phi) is 7.47. The van der Waals surface area contributed by atoms with Crippen LogP contribution in [0.3, 0.4) is 0 Å². The molecule has 32 heavy (non-hydrogen) atoms. The van der Waals surface area contributed by atoms with Crippen LogP contribution in [0, 0.1) is 5.92 Å². The maximum Gasteiger partial charge on any atom is 0.409 e. The maximum atomic E-state index is 12.1. The van der Waals surface area contributed by atoms with Gasteiger partial charge in [-0.15, -0.1) is 0 Å². The SMILES string of the molecule is CCOC(=O)N1CCC(C2NC(c3ccc(OC)cc3)=C(c3ccnc(SC)n3)S2)CC1. The van der Waals surface area contributed by atoms with Crippen molar-refractivity contribution in [2.45, 2.75) is 30.3 Å². The highest BCUT2D eigenvalue weighted by molar-refractivity contribution is 8.09. The Balaban J connectivity index is 1.56. The molecular formula is C23H28N4O3S2. The second-order valence-electron chi connectivity index (χ2n) is 7.57. The number of methoxy groups -OCH3 is 1. The zero-order valence-corrected chi connectivity index (χ0v) is 20.2. The van der Waals surface area contributed by atoms with Crippen LogP contribution in [0.25, 0.3) is 10.6 Å². The average molecular weight is 473 g/mol. The van der Waals surface area contributed by atoms with Gasteiger partial charge in [-0.05, 0) is 67.8 Å². The van der Waals surface area contributed by atoms with Crippen molar-refractivity contribution in [3.63, 3.8) is 0 Å². The molecule has 0 spiro atoms. The number of benzene rings is 1. The van der Waals surface area contributed by atoms with Crippen molar-refractivity contribution in [3.05, 3.63) is 47.8 Å². The van der Waals surface area contributed by atoms with Crippen molar-refractivity contribution >= 4 is 40.2 Å². The van der Waals surface area contributed by atoms with E-state index in [1.807, 2.05) is 54.2 Å². The van der Waals surface area contributed by atoms with E-state index in [0.29, 0.717) is 12.5 Å². The fourth-order valence-electron chi connectivity index (χ4n) is 3.96. The summed E-state index contributed by atoms with van der Waals surface area (Å²) in [7, 11) is 1.67. The molecule has 0 radical (unpaired) electrons. The highest BCUT2D eigenvalue weighted by Gasteiger charge is 2.35. The van der Waals surface area contributed by atoms with Crippen molar-refractivity contribution < 1.29 is 14.3 Å². The maximum absolute atomic E-state index is 12.1. The van der Waals surface area contributed by atoms with Gasteiger partial charge in [-0.3, -0.25) is 0 Å². The Bertz CT molecular complexity index is 975. The average Bonchev–Trinajstić information content (AvgIpc) is 3.30. The molecule has 1 unspecified atom stereocenters. The lowest BCUT2D eigenvalue weighted by Gasteiger charge is -2.34. The van der Waals surface area contributed by atoms with Crippen LogP contribution in [0.2, 0.25) is 0 Å². The van der Waals surface area contributed by atoms with Gasteiger partial charge in [-0.25, -0.2) is 14.8 Å². The van der Waals surface area contributed by atoms with Crippen LogP contribution in [0.5, 0.6) is 5.75 Å². The molecule has 1 fully saturated rings. The third-order valence-electron chi connectivity index (χ3n) is 5.68. The number of amides is 1. The van der Waals surface area contributed by atoms with Gasteiger partial charge < -0.3 is 19.7 Å². The molecule has 9 heteroatoms. The summed E-state index contributed by atoms with van der Waals surface area (Å²) >= 11 is 3.36. The summed E-state index contributed by atoms with van der Waals surface area (Å²) in [6.45, 7) is 3.70. The van der Waals surface area contributed by atoms with Crippen molar-refractivity contribution in [3.8, 4) is 5.75 Å². The van der Waals surface area contributed by atoms with Crippen molar-refractivity contribution in [2.24, 2.45) is 5.92 Å². The van der Waals surface area contributed by atoms with Crippen LogP contribution >= 0.6 is 23.5 Å². The number of piperidine rings is 1. The van der Waals surface area contributed by atoms with Gasteiger partial charge in [0.2, 0.25) is 0 Å². The smallest absolute Gasteiger partial charge is 0.409 e. The number of ether oxygens (including phenoxy) is 2. The molecule has 1 aromatic carbocycles. The normalized spacial score (nSPS) is 19.1. The molecule has 0 bridgehead atoms. The fourth-order valence-corrected chi connectivity index (χ4v) is 5.74. The van der Waals surface area contributed by atoms with Crippen LogP contribution in [0.1, 0.15) is 31.0 Å². The van der Waals surface area contributed by atoms with Crippen LogP contribution in [0.15, 0.2) is 41.7 Å². The predicted octanol–water partition coefficient (Wildman–Crippen LogP) is 4.56. The Labute approximate surface area is 197 Å². The molecule has 3 heterocycles. The molecule has 1 amide bonds. The molecule has 1 N–H and O–H groups in total. The summed E-state index contributed by atoms with van der Waals surface area (Å²) in [4.78, 5) is 24.1. The number of hydrogen-bond donors (Lipinski definition) is 1. The number of carbonyl (C=O) groups excluding carboxylic acids is 1. The summed E-state index contributed by atoms with van der Waals surface area (Å²) in [5, 5.41) is 4.75. The highest BCUT2D eigenvalue weighted by Crippen LogP contribution is 2.46. The minimum absolute atomic E-state index is 0.207. The van der Waals surface area contributed by atoms with E-state index >= 15 is 0 Å². The standard InChI is InChI=1S/C23H28N4O3S2/c1-4-30-23(28)27-13-10-16(11-14-27)21-26-19(15-5-7-17(29-2)8-6-15)20(32-21)18-9-12-24-22(25-18)31-3/h5-9,12,16,21,26H,4,10-11,13-14H2,1-3H3. The predicted molar refractivity (Wildman–Crippen MR) is 129 cm³/mol. The number of hydrogen-bond acceptors (Lipinski definition) is 8. The van der Waals surface area contributed by atoms with E-state index in [-0.39, 0.29) is 11.5 Å². The second kappa shape index (κ2) is 10.5. The number of rotatable bonds is 6. The first-order valence-corrected chi connectivity index (χ1v) is 12.8. The van der Waals surface area contributed by atoms with E-state index in [0.717, 1.165) is 58.7 Å². The van der Waals surface area contributed by atoms with E-state index in [1.165, 1.54) is 11.8 Å². The number of carbonyl (C=O) groups is 1. The molecular weight excluding hydrogens is 444 g/mol. The molecule has 7 nitrogen and oxygen atoms in total. The first kappa shape index (κ1) is 22.8. The van der Waals surface area contributed by atoms with Gasteiger partial charge in [0.05, 0.1) is 35.4 Å². The lowest BCUT2D eigenvalue weighted by Crippen LogP contribution is -2.42. The van der Waals surface area contributed by atoms with E-state index in [4.69, 9.17) is 14.5 Å². The third-order valence-corrected chi connectivity index (χ3v) is 7.65. The molecule has 0 saturated carbocycles. The van der Waals surface area contributed by atoms with Crippen molar-refractivity contribution in [1.29, 1.82) is 0 Å². The molecule has 2 aliphatic heterocycles. The first-order chi connectivity index (χ1) is 15.6. The number of likely N-dealkylation sites (tertiary alicyclic amines) is 1. The van der Waals surface area contributed by atoms with Crippen LogP contribution in [-0.2, 0) is 4.74 Å². The lowest BCUT2D eigenvalue weighted by molar-refractivity contribution is 0.0911. The number of nitrogens with one attached hydrogen (secondary N) is 1. The number of nitrogens with zero attached hydrogens (tertiary/aromatic N) is 3.